The molecule has 0 spiro atoms. The summed E-state index contributed by atoms with van der Waals surface area (Å²) in [6.45, 7) is 9.82. The lowest BCUT2D eigenvalue weighted by Gasteiger charge is -2.34. The summed E-state index contributed by atoms with van der Waals surface area (Å²) in [5.74, 6) is 1.40. The van der Waals surface area contributed by atoms with Gasteiger partial charge >= 0.3 is 0 Å². The van der Waals surface area contributed by atoms with Crippen LogP contribution in [-0.4, -0.2) is 65.8 Å². The molecule has 1 saturated heterocycles. The number of piperazine rings is 1. The van der Waals surface area contributed by atoms with Gasteiger partial charge in [-0.15, -0.1) is 11.8 Å². The van der Waals surface area contributed by atoms with Gasteiger partial charge in [-0.25, -0.2) is 9.97 Å². The number of carbonyl (C=O) groups is 1. The molecule has 1 amide bonds. The number of anilines is 1. The predicted molar refractivity (Wildman–Crippen MR) is 115 cm³/mol. The van der Waals surface area contributed by atoms with Crippen LogP contribution in [0, 0.1) is 13.8 Å². The van der Waals surface area contributed by atoms with E-state index in [2.05, 4.69) is 57.1 Å². The normalized spacial score (nSPS) is 14.9. The quantitative estimate of drug-likeness (QED) is 0.544. The number of carbonyl (C=O) groups excluding carboxylic acids is 1. The van der Waals surface area contributed by atoms with Crippen molar-refractivity contribution in [1.82, 2.24) is 20.2 Å². The Balaban J connectivity index is 1.29. The number of nitrogens with zero attached hydrogens (tertiary/aromatic N) is 4. The maximum atomic E-state index is 12.1. The van der Waals surface area contributed by atoms with Crippen LogP contribution in [0.5, 0.6) is 0 Å². The van der Waals surface area contributed by atoms with Crippen LogP contribution in [0.3, 0.4) is 0 Å². The van der Waals surface area contributed by atoms with Crippen molar-refractivity contribution in [2.24, 2.45) is 0 Å². The standard InChI is InChI=1S/C21H29N5OS/c1-17-5-6-18(2)19(15-17)28-16-20(27)22-9-4-10-25-11-13-26(14-12-25)21-23-7-3-8-24-21/h3,5-8,15H,4,9-14,16H2,1-2H3,(H,22,27). The van der Waals surface area contributed by atoms with Gasteiger partial charge in [-0.3, -0.25) is 9.69 Å². The smallest absolute Gasteiger partial charge is 0.230 e. The maximum absolute atomic E-state index is 12.1. The predicted octanol–water partition coefficient (Wildman–Crippen LogP) is 2.51. The van der Waals surface area contributed by atoms with Crippen LogP contribution in [0.4, 0.5) is 5.95 Å². The SMILES string of the molecule is Cc1ccc(C)c(SCC(=O)NCCCN2CCN(c3ncccn3)CC2)c1. The number of hydrogen-bond acceptors (Lipinski definition) is 6. The molecular formula is C21H29N5OS. The summed E-state index contributed by atoms with van der Waals surface area (Å²) in [6.07, 6.45) is 4.55. The first-order chi connectivity index (χ1) is 13.6. The summed E-state index contributed by atoms with van der Waals surface area (Å²) in [7, 11) is 0. The molecule has 0 aliphatic carbocycles. The van der Waals surface area contributed by atoms with E-state index in [1.165, 1.54) is 16.0 Å². The largest absolute Gasteiger partial charge is 0.355 e. The van der Waals surface area contributed by atoms with E-state index >= 15 is 0 Å². The van der Waals surface area contributed by atoms with E-state index < -0.39 is 0 Å². The highest BCUT2D eigenvalue weighted by Gasteiger charge is 2.18. The van der Waals surface area contributed by atoms with Gasteiger partial charge in [0.2, 0.25) is 11.9 Å². The van der Waals surface area contributed by atoms with Crippen molar-refractivity contribution >= 4 is 23.6 Å². The van der Waals surface area contributed by atoms with Crippen molar-refractivity contribution in [3.63, 3.8) is 0 Å². The van der Waals surface area contributed by atoms with Crippen molar-refractivity contribution in [3.8, 4) is 0 Å². The van der Waals surface area contributed by atoms with Crippen molar-refractivity contribution < 1.29 is 4.79 Å². The highest BCUT2D eigenvalue weighted by Crippen LogP contribution is 2.23. The minimum Gasteiger partial charge on any atom is -0.355 e. The second-order valence-corrected chi connectivity index (χ2v) is 8.16. The molecule has 1 aliphatic heterocycles. The summed E-state index contributed by atoms with van der Waals surface area (Å²) in [6, 6.07) is 8.20. The number of hydrogen-bond donors (Lipinski definition) is 1. The number of aryl methyl sites for hydroxylation is 2. The highest BCUT2D eigenvalue weighted by atomic mass is 32.2. The Morgan fingerprint density at radius 1 is 1.14 bits per heavy atom. The van der Waals surface area contributed by atoms with E-state index in [0.717, 1.165) is 51.6 Å². The number of nitrogens with one attached hydrogen (secondary N) is 1. The molecule has 1 aromatic carbocycles. The fraction of sp³-hybridized carbons (Fsp3) is 0.476. The Morgan fingerprint density at radius 2 is 1.89 bits per heavy atom. The molecule has 1 fully saturated rings. The van der Waals surface area contributed by atoms with E-state index in [0.29, 0.717) is 5.75 Å². The van der Waals surface area contributed by atoms with Gasteiger partial charge in [0.25, 0.3) is 0 Å². The van der Waals surface area contributed by atoms with Crippen molar-refractivity contribution in [3.05, 3.63) is 47.8 Å². The molecule has 1 aromatic heterocycles. The molecule has 2 heterocycles. The Kier molecular flexibility index (Phi) is 7.68. The Hall–Kier alpha value is -2.12. The van der Waals surface area contributed by atoms with Gasteiger partial charge < -0.3 is 10.2 Å². The van der Waals surface area contributed by atoms with Gasteiger partial charge in [0, 0.05) is 50.0 Å². The monoisotopic (exact) mass is 399 g/mol. The fourth-order valence-corrected chi connectivity index (χ4v) is 4.17. The molecule has 3 rings (SSSR count). The Morgan fingerprint density at radius 3 is 2.64 bits per heavy atom. The Bertz CT molecular complexity index is 763. The first-order valence-corrected chi connectivity index (χ1v) is 10.8. The molecule has 1 aliphatic rings. The molecule has 150 valence electrons. The molecule has 28 heavy (non-hydrogen) atoms. The second kappa shape index (κ2) is 10.4. The third-order valence-electron chi connectivity index (χ3n) is 4.88. The minimum absolute atomic E-state index is 0.108. The molecule has 2 aromatic rings. The summed E-state index contributed by atoms with van der Waals surface area (Å²) in [4.78, 5) is 26.6. The van der Waals surface area contributed by atoms with E-state index in [9.17, 15) is 4.79 Å². The summed E-state index contributed by atoms with van der Waals surface area (Å²) in [5.41, 5.74) is 2.45. The molecule has 0 unspecified atom stereocenters. The molecule has 1 N–H and O–H groups in total. The first kappa shape index (κ1) is 20.6. The lowest BCUT2D eigenvalue weighted by Crippen LogP contribution is -2.47. The molecular weight excluding hydrogens is 370 g/mol. The van der Waals surface area contributed by atoms with Gasteiger partial charge in [-0.1, -0.05) is 17.7 Å². The molecule has 0 atom stereocenters. The van der Waals surface area contributed by atoms with Crippen molar-refractivity contribution in [2.75, 3.05) is 49.9 Å². The van der Waals surface area contributed by atoms with Gasteiger partial charge in [-0.2, -0.15) is 0 Å². The maximum Gasteiger partial charge on any atom is 0.230 e. The number of aromatic nitrogens is 2. The van der Waals surface area contributed by atoms with E-state index in [1.807, 2.05) is 6.07 Å². The summed E-state index contributed by atoms with van der Waals surface area (Å²) < 4.78 is 0. The van der Waals surface area contributed by atoms with E-state index in [4.69, 9.17) is 0 Å². The zero-order chi connectivity index (χ0) is 19.8. The van der Waals surface area contributed by atoms with Gasteiger partial charge in [0.1, 0.15) is 0 Å². The van der Waals surface area contributed by atoms with Crippen LogP contribution in [0.1, 0.15) is 17.5 Å². The highest BCUT2D eigenvalue weighted by molar-refractivity contribution is 8.00. The summed E-state index contributed by atoms with van der Waals surface area (Å²) in [5, 5.41) is 3.04. The number of amides is 1. The molecule has 7 heteroatoms. The summed E-state index contributed by atoms with van der Waals surface area (Å²) >= 11 is 1.61. The average Bonchev–Trinajstić information content (AvgIpc) is 2.73. The van der Waals surface area contributed by atoms with Crippen LogP contribution in [-0.2, 0) is 4.79 Å². The number of benzene rings is 1. The van der Waals surface area contributed by atoms with Crippen molar-refractivity contribution in [2.45, 2.75) is 25.2 Å². The van der Waals surface area contributed by atoms with Crippen LogP contribution >= 0.6 is 11.8 Å². The Labute approximate surface area is 171 Å². The van der Waals surface area contributed by atoms with Crippen LogP contribution in [0.2, 0.25) is 0 Å². The molecule has 6 nitrogen and oxygen atoms in total. The van der Waals surface area contributed by atoms with E-state index in [1.54, 1.807) is 24.2 Å². The number of thioether (sulfide) groups is 1. The van der Waals surface area contributed by atoms with E-state index in [-0.39, 0.29) is 5.91 Å². The number of rotatable bonds is 8. The fourth-order valence-electron chi connectivity index (χ4n) is 3.21. The first-order valence-electron chi connectivity index (χ1n) is 9.83. The minimum atomic E-state index is 0.108. The van der Waals surface area contributed by atoms with Gasteiger partial charge in [-0.05, 0) is 44.5 Å². The zero-order valence-corrected chi connectivity index (χ0v) is 17.5. The van der Waals surface area contributed by atoms with Crippen molar-refractivity contribution in [1.29, 1.82) is 0 Å². The third-order valence-corrected chi connectivity index (χ3v) is 6.04. The van der Waals surface area contributed by atoms with Gasteiger partial charge in [0.05, 0.1) is 5.75 Å². The zero-order valence-electron chi connectivity index (χ0n) is 16.7. The molecule has 0 bridgehead atoms. The van der Waals surface area contributed by atoms with Gasteiger partial charge in [0.15, 0.2) is 0 Å². The third kappa shape index (κ3) is 6.21. The lowest BCUT2D eigenvalue weighted by atomic mass is 10.2. The van der Waals surface area contributed by atoms with Crippen LogP contribution in [0.15, 0.2) is 41.6 Å². The second-order valence-electron chi connectivity index (χ2n) is 7.14. The topological polar surface area (TPSA) is 61.4 Å². The average molecular weight is 400 g/mol. The lowest BCUT2D eigenvalue weighted by molar-refractivity contribution is -0.118. The molecule has 0 saturated carbocycles. The molecule has 0 radical (unpaired) electrons. The van der Waals surface area contributed by atoms with Crippen LogP contribution in [0.25, 0.3) is 0 Å². The van der Waals surface area contributed by atoms with Crippen LogP contribution < -0.4 is 10.2 Å².